The Morgan fingerprint density at radius 2 is 2.21 bits per heavy atom. The molecule has 7 heteroatoms. The largest absolute Gasteiger partial charge is 0.348 e. The van der Waals surface area contributed by atoms with Crippen LogP contribution in [-0.4, -0.2) is 51.7 Å². The monoisotopic (exact) mass is 459 g/mol. The number of carbonyl (C=O) groups excluding carboxylic acids is 1. The number of hydrogen-bond donors (Lipinski definition) is 2. The van der Waals surface area contributed by atoms with Gasteiger partial charge in [-0.05, 0) is 74.7 Å². The van der Waals surface area contributed by atoms with E-state index < -0.39 is 0 Å². The maximum absolute atomic E-state index is 13.8. The number of piperidine rings is 1. The highest BCUT2D eigenvalue weighted by atomic mass is 19.1. The number of rotatable bonds is 8. The fraction of sp³-hybridized carbons (Fsp3) is 0.296. The number of nitrogens with one attached hydrogen (secondary N) is 2. The van der Waals surface area contributed by atoms with Crippen molar-refractivity contribution in [3.8, 4) is 11.3 Å². The average molecular weight is 460 g/mol. The van der Waals surface area contributed by atoms with E-state index in [1.165, 1.54) is 12.2 Å². The van der Waals surface area contributed by atoms with E-state index in [0.29, 0.717) is 24.1 Å². The molecule has 1 aliphatic rings. The van der Waals surface area contributed by atoms with E-state index in [-0.39, 0.29) is 17.8 Å². The molecule has 1 amide bonds. The van der Waals surface area contributed by atoms with Crippen molar-refractivity contribution < 1.29 is 9.18 Å². The standard InChI is InChI=1S/C27H30FN5O/c1-4-6-24(28)18(2)11-14-33-13-5-7-22(17-33)30-27(34)21-8-9-25-23(16-21)26(32-31-25)20-10-12-29-19(3)15-20/h4,6,8-10,12,15-16,22H,1-2,5,7,11,13-14,17H2,3H3,(H,30,34)(H,31,32). The van der Waals surface area contributed by atoms with E-state index in [0.717, 1.165) is 53.8 Å². The fourth-order valence-electron chi connectivity index (χ4n) is 4.35. The normalized spacial score (nSPS) is 17.0. The Hall–Kier alpha value is -3.58. The predicted molar refractivity (Wildman–Crippen MR) is 134 cm³/mol. The molecule has 3 heterocycles. The molecule has 1 unspecified atom stereocenters. The molecule has 34 heavy (non-hydrogen) atoms. The van der Waals surface area contributed by atoms with E-state index in [1.54, 1.807) is 6.20 Å². The van der Waals surface area contributed by atoms with Gasteiger partial charge >= 0.3 is 0 Å². The van der Waals surface area contributed by atoms with Gasteiger partial charge in [0.05, 0.1) is 5.52 Å². The molecule has 1 aromatic carbocycles. The van der Waals surface area contributed by atoms with Gasteiger partial charge in [0.15, 0.2) is 0 Å². The summed E-state index contributed by atoms with van der Waals surface area (Å²) in [5.74, 6) is -0.427. The number of carbonyl (C=O) groups is 1. The van der Waals surface area contributed by atoms with Gasteiger partial charge in [0, 0.05) is 47.5 Å². The second kappa shape index (κ2) is 10.6. The summed E-state index contributed by atoms with van der Waals surface area (Å²) in [6.07, 6.45) is 6.97. The Balaban J connectivity index is 1.41. The van der Waals surface area contributed by atoms with Crippen LogP contribution in [0.3, 0.4) is 0 Å². The predicted octanol–water partition coefficient (Wildman–Crippen LogP) is 5.11. The second-order valence-electron chi connectivity index (χ2n) is 8.74. The Kier molecular flexibility index (Phi) is 7.33. The van der Waals surface area contributed by atoms with Crippen LogP contribution in [0.15, 0.2) is 73.2 Å². The van der Waals surface area contributed by atoms with Crippen molar-refractivity contribution in [1.82, 2.24) is 25.4 Å². The molecule has 1 atom stereocenters. The average Bonchev–Trinajstić information content (AvgIpc) is 3.26. The quantitative estimate of drug-likeness (QED) is 0.459. The van der Waals surface area contributed by atoms with Crippen LogP contribution >= 0.6 is 0 Å². The zero-order valence-electron chi connectivity index (χ0n) is 19.5. The maximum Gasteiger partial charge on any atom is 0.251 e. The summed E-state index contributed by atoms with van der Waals surface area (Å²) in [4.78, 5) is 19.6. The molecule has 2 N–H and O–H groups in total. The Morgan fingerprint density at radius 3 is 3.00 bits per heavy atom. The lowest BCUT2D eigenvalue weighted by atomic mass is 10.0. The molecule has 4 rings (SSSR count). The molecule has 0 bridgehead atoms. The van der Waals surface area contributed by atoms with Gasteiger partial charge in [-0.15, -0.1) is 0 Å². The Morgan fingerprint density at radius 1 is 1.35 bits per heavy atom. The Labute approximate surface area is 199 Å². The number of pyridine rings is 1. The van der Waals surface area contributed by atoms with Crippen molar-refractivity contribution >= 4 is 16.8 Å². The van der Waals surface area contributed by atoms with Crippen molar-refractivity contribution in [1.29, 1.82) is 0 Å². The number of fused-ring (bicyclic) bond motifs is 1. The summed E-state index contributed by atoms with van der Waals surface area (Å²) in [5.41, 5.74) is 4.62. The number of halogens is 1. The number of aromatic amines is 1. The second-order valence-corrected chi connectivity index (χ2v) is 8.74. The summed E-state index contributed by atoms with van der Waals surface area (Å²) < 4.78 is 13.8. The lowest BCUT2D eigenvalue weighted by molar-refractivity contribution is 0.0904. The highest BCUT2D eigenvalue weighted by molar-refractivity contribution is 6.01. The molecule has 0 saturated carbocycles. The number of allylic oxidation sites excluding steroid dienone is 3. The topological polar surface area (TPSA) is 73.9 Å². The van der Waals surface area contributed by atoms with Crippen LogP contribution in [-0.2, 0) is 0 Å². The van der Waals surface area contributed by atoms with Crippen molar-refractivity contribution in [3.05, 3.63) is 84.5 Å². The van der Waals surface area contributed by atoms with Crippen LogP contribution < -0.4 is 5.32 Å². The van der Waals surface area contributed by atoms with Crippen molar-refractivity contribution in [2.75, 3.05) is 19.6 Å². The first-order valence-electron chi connectivity index (χ1n) is 11.6. The molecule has 3 aromatic rings. The molecule has 176 valence electrons. The minimum absolute atomic E-state index is 0.0467. The first-order chi connectivity index (χ1) is 16.4. The van der Waals surface area contributed by atoms with E-state index in [4.69, 9.17) is 0 Å². The van der Waals surface area contributed by atoms with E-state index in [1.807, 2.05) is 37.3 Å². The summed E-state index contributed by atoms with van der Waals surface area (Å²) >= 11 is 0. The molecular weight excluding hydrogens is 429 g/mol. The van der Waals surface area contributed by atoms with Crippen LogP contribution in [0.1, 0.15) is 35.3 Å². The number of hydrogen-bond acceptors (Lipinski definition) is 4. The number of likely N-dealkylation sites (tertiary alicyclic amines) is 1. The van der Waals surface area contributed by atoms with Crippen molar-refractivity contribution in [2.45, 2.75) is 32.2 Å². The van der Waals surface area contributed by atoms with Gasteiger partial charge in [0.25, 0.3) is 5.91 Å². The van der Waals surface area contributed by atoms with Crippen LogP contribution in [0.5, 0.6) is 0 Å². The third kappa shape index (κ3) is 5.48. The minimum atomic E-state index is -0.326. The molecule has 1 saturated heterocycles. The SMILES string of the molecule is C=CC=C(F)C(=C)CCN1CCCC(NC(=O)c2ccc3[nH]nc(-c4ccnc(C)c4)c3c2)C1. The van der Waals surface area contributed by atoms with Gasteiger partial charge in [0.1, 0.15) is 11.5 Å². The first-order valence-corrected chi connectivity index (χ1v) is 11.6. The smallest absolute Gasteiger partial charge is 0.251 e. The van der Waals surface area contributed by atoms with E-state index in [9.17, 15) is 9.18 Å². The number of amides is 1. The van der Waals surface area contributed by atoms with Crippen LogP contribution in [0.25, 0.3) is 22.2 Å². The molecule has 2 aromatic heterocycles. The lowest BCUT2D eigenvalue weighted by Gasteiger charge is -2.33. The Bertz CT molecular complexity index is 1240. The van der Waals surface area contributed by atoms with Gasteiger partial charge < -0.3 is 10.2 Å². The molecule has 6 nitrogen and oxygen atoms in total. The number of H-pyrrole nitrogens is 1. The summed E-state index contributed by atoms with van der Waals surface area (Å²) in [6, 6.07) is 9.53. The van der Waals surface area contributed by atoms with Crippen molar-refractivity contribution in [3.63, 3.8) is 0 Å². The molecule has 1 aliphatic heterocycles. The third-order valence-electron chi connectivity index (χ3n) is 6.17. The summed E-state index contributed by atoms with van der Waals surface area (Å²) in [6.45, 7) is 11.7. The number of nitrogens with zero attached hydrogens (tertiary/aromatic N) is 3. The number of benzene rings is 1. The molecule has 0 spiro atoms. The van der Waals surface area contributed by atoms with Crippen LogP contribution in [0.4, 0.5) is 4.39 Å². The number of aromatic nitrogens is 3. The van der Waals surface area contributed by atoms with E-state index >= 15 is 0 Å². The maximum atomic E-state index is 13.8. The molecule has 0 aliphatic carbocycles. The van der Waals surface area contributed by atoms with Crippen LogP contribution in [0.2, 0.25) is 0 Å². The molecule has 1 fully saturated rings. The fourth-order valence-corrected chi connectivity index (χ4v) is 4.35. The van der Waals surface area contributed by atoms with Crippen molar-refractivity contribution in [2.24, 2.45) is 0 Å². The molecule has 0 radical (unpaired) electrons. The van der Waals surface area contributed by atoms with Crippen LogP contribution in [0, 0.1) is 6.92 Å². The molecular formula is C27H30FN5O. The lowest BCUT2D eigenvalue weighted by Crippen LogP contribution is -2.47. The first kappa shape index (κ1) is 23.6. The zero-order valence-corrected chi connectivity index (χ0v) is 19.5. The number of aryl methyl sites for hydroxylation is 1. The van der Waals surface area contributed by atoms with Gasteiger partial charge in [-0.25, -0.2) is 4.39 Å². The van der Waals surface area contributed by atoms with Gasteiger partial charge in [-0.2, -0.15) is 5.10 Å². The summed E-state index contributed by atoms with van der Waals surface area (Å²) in [5, 5.41) is 11.6. The van der Waals surface area contributed by atoms with Gasteiger partial charge in [0.2, 0.25) is 0 Å². The third-order valence-corrected chi connectivity index (χ3v) is 6.17. The van der Waals surface area contributed by atoms with Gasteiger partial charge in [-0.1, -0.05) is 19.2 Å². The highest BCUT2D eigenvalue weighted by Crippen LogP contribution is 2.27. The van der Waals surface area contributed by atoms with E-state index in [2.05, 4.69) is 38.6 Å². The zero-order chi connectivity index (χ0) is 24.1. The summed E-state index contributed by atoms with van der Waals surface area (Å²) in [7, 11) is 0. The highest BCUT2D eigenvalue weighted by Gasteiger charge is 2.22. The van der Waals surface area contributed by atoms with Gasteiger partial charge in [-0.3, -0.25) is 14.9 Å². The minimum Gasteiger partial charge on any atom is -0.348 e.